The van der Waals surface area contributed by atoms with Crippen LogP contribution in [-0.2, 0) is 11.3 Å². The molecule has 1 amide bonds. The Morgan fingerprint density at radius 3 is 2.50 bits per heavy atom. The lowest BCUT2D eigenvalue weighted by atomic mass is 10.2. The third kappa shape index (κ3) is 6.57. The van der Waals surface area contributed by atoms with Crippen LogP contribution in [0.3, 0.4) is 0 Å². The van der Waals surface area contributed by atoms with Crippen LogP contribution in [0.5, 0.6) is 0 Å². The molecular weight excluding hydrogens is 462 g/mol. The molecule has 0 atom stereocenters. The van der Waals surface area contributed by atoms with Crippen LogP contribution in [-0.4, -0.2) is 22.8 Å². The van der Waals surface area contributed by atoms with E-state index in [1.165, 1.54) is 0 Å². The number of alkyl carbamates (subject to hydrolysis) is 1. The van der Waals surface area contributed by atoms with Gasteiger partial charge in [-0.1, -0.05) is 46.3 Å². The second-order valence-corrected chi connectivity index (χ2v) is 9.54. The number of benzene rings is 2. The van der Waals surface area contributed by atoms with Crippen molar-refractivity contribution >= 4 is 39.0 Å². The number of hydrogen-bond acceptors (Lipinski definition) is 4. The van der Waals surface area contributed by atoms with E-state index in [1.54, 1.807) is 11.3 Å². The van der Waals surface area contributed by atoms with E-state index < -0.39 is 5.60 Å². The van der Waals surface area contributed by atoms with Crippen LogP contribution in [0.4, 0.5) is 10.5 Å². The van der Waals surface area contributed by atoms with Crippen molar-refractivity contribution in [3.63, 3.8) is 0 Å². The van der Waals surface area contributed by atoms with Crippen LogP contribution < -0.4 is 10.1 Å². The van der Waals surface area contributed by atoms with E-state index in [0.717, 1.165) is 39.2 Å². The summed E-state index contributed by atoms with van der Waals surface area (Å²) in [7, 11) is 0. The van der Waals surface area contributed by atoms with Gasteiger partial charge in [0.15, 0.2) is 4.80 Å². The third-order valence-corrected chi connectivity index (χ3v) is 5.54. The van der Waals surface area contributed by atoms with E-state index in [-0.39, 0.29) is 6.09 Å². The maximum atomic E-state index is 11.9. The lowest BCUT2D eigenvalue weighted by Gasteiger charge is -2.19. The predicted molar refractivity (Wildman–Crippen MR) is 126 cm³/mol. The van der Waals surface area contributed by atoms with Gasteiger partial charge in [0.05, 0.1) is 11.4 Å². The van der Waals surface area contributed by atoms with Crippen molar-refractivity contribution in [3.05, 3.63) is 69.3 Å². The van der Waals surface area contributed by atoms with Crippen molar-refractivity contribution in [1.82, 2.24) is 9.88 Å². The summed E-state index contributed by atoms with van der Waals surface area (Å²) in [5.41, 5.74) is 2.66. The van der Waals surface area contributed by atoms with Crippen molar-refractivity contribution in [2.24, 2.45) is 4.99 Å². The van der Waals surface area contributed by atoms with Crippen LogP contribution in [0, 0.1) is 0 Å². The Hall–Kier alpha value is -2.38. The standard InChI is InChI=1S/C23H26BrN3O2S/c1-23(2,3)29-22(28)25-14-7-15-27-20(17-10-12-18(24)13-11-17)16-30-21(27)26-19-8-5-4-6-9-19/h4-6,8-13,16H,7,14-15H2,1-3H3,(H,25,28)/b26-21+. The van der Waals surface area contributed by atoms with Crippen LogP contribution in [0.15, 0.2) is 69.4 Å². The molecule has 30 heavy (non-hydrogen) atoms. The molecule has 0 aliphatic carbocycles. The summed E-state index contributed by atoms with van der Waals surface area (Å²) in [5.74, 6) is 0. The molecule has 3 rings (SSSR count). The molecule has 0 spiro atoms. The minimum Gasteiger partial charge on any atom is -0.444 e. The van der Waals surface area contributed by atoms with E-state index in [0.29, 0.717) is 6.54 Å². The number of para-hydroxylation sites is 1. The first-order chi connectivity index (χ1) is 14.3. The number of halogens is 1. The van der Waals surface area contributed by atoms with Gasteiger partial charge in [0.25, 0.3) is 0 Å². The first-order valence-corrected chi connectivity index (χ1v) is 11.5. The summed E-state index contributed by atoms with van der Waals surface area (Å²) < 4.78 is 8.56. The van der Waals surface area contributed by atoms with Gasteiger partial charge in [0.2, 0.25) is 0 Å². The van der Waals surface area contributed by atoms with E-state index in [4.69, 9.17) is 9.73 Å². The molecule has 158 valence electrons. The molecule has 2 aromatic carbocycles. The summed E-state index contributed by atoms with van der Waals surface area (Å²) in [4.78, 5) is 17.6. The van der Waals surface area contributed by atoms with Crippen molar-refractivity contribution in [3.8, 4) is 11.3 Å². The summed E-state index contributed by atoms with van der Waals surface area (Å²) in [6.45, 7) is 6.83. The van der Waals surface area contributed by atoms with Gasteiger partial charge in [-0.05, 0) is 57.0 Å². The maximum absolute atomic E-state index is 11.9. The molecule has 1 N–H and O–H groups in total. The fraction of sp³-hybridized carbons (Fsp3) is 0.304. The molecule has 1 aromatic heterocycles. The topological polar surface area (TPSA) is 55.6 Å². The minimum absolute atomic E-state index is 0.389. The molecule has 7 heteroatoms. The lowest BCUT2D eigenvalue weighted by molar-refractivity contribution is 0.0526. The second-order valence-electron chi connectivity index (χ2n) is 7.79. The third-order valence-electron chi connectivity index (χ3n) is 4.15. The normalized spacial score (nSPS) is 12.1. The molecule has 1 heterocycles. The van der Waals surface area contributed by atoms with Crippen molar-refractivity contribution in [2.45, 2.75) is 39.3 Å². The Balaban J connectivity index is 1.79. The Labute approximate surface area is 189 Å². The SMILES string of the molecule is CC(C)(C)OC(=O)NCCCn1c(-c2ccc(Br)cc2)cs/c1=N/c1ccccc1. The summed E-state index contributed by atoms with van der Waals surface area (Å²) in [6.07, 6.45) is 0.377. The molecule has 0 saturated carbocycles. The smallest absolute Gasteiger partial charge is 0.407 e. The minimum atomic E-state index is -0.497. The number of nitrogens with zero attached hydrogens (tertiary/aromatic N) is 2. The number of amides is 1. The number of ether oxygens (including phenoxy) is 1. The van der Waals surface area contributed by atoms with E-state index in [9.17, 15) is 4.79 Å². The number of carbonyl (C=O) groups is 1. The highest BCUT2D eigenvalue weighted by Gasteiger charge is 2.15. The summed E-state index contributed by atoms with van der Waals surface area (Å²) >= 11 is 5.11. The van der Waals surface area contributed by atoms with Gasteiger partial charge in [0.1, 0.15) is 5.60 Å². The number of carbonyl (C=O) groups excluding carboxylic acids is 1. The highest BCUT2D eigenvalue weighted by Crippen LogP contribution is 2.23. The van der Waals surface area contributed by atoms with Crippen molar-refractivity contribution < 1.29 is 9.53 Å². The number of rotatable bonds is 6. The molecule has 3 aromatic rings. The fourth-order valence-electron chi connectivity index (χ4n) is 2.84. The fourth-order valence-corrected chi connectivity index (χ4v) is 4.06. The van der Waals surface area contributed by atoms with Crippen LogP contribution in [0.1, 0.15) is 27.2 Å². The largest absolute Gasteiger partial charge is 0.444 e. The number of thiazole rings is 1. The van der Waals surface area contributed by atoms with E-state index in [2.05, 4.69) is 43.3 Å². The van der Waals surface area contributed by atoms with Gasteiger partial charge in [-0.2, -0.15) is 0 Å². The number of aromatic nitrogens is 1. The highest BCUT2D eigenvalue weighted by molar-refractivity contribution is 9.10. The van der Waals surface area contributed by atoms with Gasteiger partial charge in [-0.25, -0.2) is 9.79 Å². The molecule has 0 radical (unpaired) electrons. The summed E-state index contributed by atoms with van der Waals surface area (Å²) in [5, 5.41) is 4.96. The predicted octanol–water partition coefficient (Wildman–Crippen LogP) is 6.13. The monoisotopic (exact) mass is 487 g/mol. The Morgan fingerprint density at radius 2 is 1.83 bits per heavy atom. The molecule has 0 bridgehead atoms. The van der Waals surface area contributed by atoms with Crippen molar-refractivity contribution in [1.29, 1.82) is 0 Å². The Kier molecular flexibility index (Phi) is 7.50. The summed E-state index contributed by atoms with van der Waals surface area (Å²) in [6, 6.07) is 18.2. The molecule has 0 saturated heterocycles. The molecule has 0 aliphatic rings. The van der Waals surface area contributed by atoms with Gasteiger partial charge >= 0.3 is 6.09 Å². The van der Waals surface area contributed by atoms with Crippen molar-refractivity contribution in [2.75, 3.05) is 6.54 Å². The maximum Gasteiger partial charge on any atom is 0.407 e. The molecule has 0 aliphatic heterocycles. The van der Waals surface area contributed by atoms with Gasteiger partial charge < -0.3 is 14.6 Å². The first kappa shape index (κ1) is 22.3. The quantitative estimate of drug-likeness (QED) is 0.425. The average molecular weight is 488 g/mol. The van der Waals surface area contributed by atoms with Gasteiger partial charge in [-0.3, -0.25) is 0 Å². The molecule has 5 nitrogen and oxygen atoms in total. The number of hydrogen-bond donors (Lipinski definition) is 1. The number of nitrogens with one attached hydrogen (secondary N) is 1. The molecular formula is C23H26BrN3O2S. The lowest BCUT2D eigenvalue weighted by Crippen LogP contribution is -2.33. The van der Waals surface area contributed by atoms with E-state index >= 15 is 0 Å². The Morgan fingerprint density at radius 1 is 1.13 bits per heavy atom. The van der Waals surface area contributed by atoms with Crippen LogP contribution in [0.25, 0.3) is 11.3 Å². The van der Waals surface area contributed by atoms with E-state index in [1.807, 2.05) is 63.2 Å². The van der Waals surface area contributed by atoms with Gasteiger partial charge in [-0.15, -0.1) is 11.3 Å². The molecule has 0 unspecified atom stereocenters. The molecule has 0 fully saturated rings. The highest BCUT2D eigenvalue weighted by atomic mass is 79.9. The van der Waals surface area contributed by atoms with Crippen LogP contribution in [0.2, 0.25) is 0 Å². The zero-order valence-electron chi connectivity index (χ0n) is 17.4. The zero-order chi connectivity index (χ0) is 21.6. The second kappa shape index (κ2) is 10.1. The van der Waals surface area contributed by atoms with Gasteiger partial charge in [0, 0.05) is 22.9 Å². The van der Waals surface area contributed by atoms with Crippen LogP contribution >= 0.6 is 27.3 Å². The Bertz CT molecular complexity index is 1030. The zero-order valence-corrected chi connectivity index (χ0v) is 19.8. The average Bonchev–Trinajstić information content (AvgIpc) is 3.08. The first-order valence-electron chi connectivity index (χ1n) is 9.83.